The third-order valence-electron chi connectivity index (χ3n) is 3.81. The zero-order valence-corrected chi connectivity index (χ0v) is 11.7. The molecule has 1 heterocycles. The first-order valence-corrected chi connectivity index (χ1v) is 6.86. The van der Waals surface area contributed by atoms with Gasteiger partial charge in [-0.15, -0.1) is 0 Å². The smallest absolute Gasteiger partial charge is 0.335 e. The fourth-order valence-electron chi connectivity index (χ4n) is 2.45. The number of hydrogen-bond acceptors (Lipinski definition) is 3. The first kappa shape index (κ1) is 13.1. The normalized spacial score (nSPS) is 16.5. The highest BCUT2D eigenvalue weighted by Crippen LogP contribution is 2.40. The summed E-state index contributed by atoms with van der Waals surface area (Å²) in [6.07, 6.45) is 2.39. The Morgan fingerprint density at radius 2 is 2.30 bits per heavy atom. The molecule has 0 aliphatic heterocycles. The molecule has 0 bridgehead atoms. The van der Waals surface area contributed by atoms with E-state index in [-0.39, 0.29) is 6.10 Å². The molecule has 1 atom stereocenters. The molecule has 1 aromatic heterocycles. The van der Waals surface area contributed by atoms with Crippen LogP contribution in [0.3, 0.4) is 0 Å². The predicted molar refractivity (Wildman–Crippen MR) is 75.1 cm³/mol. The Morgan fingerprint density at radius 1 is 1.55 bits per heavy atom. The minimum atomic E-state index is -0.910. The molecular weight excluding hydrogens is 256 g/mol. The Hall–Kier alpha value is -1.88. The van der Waals surface area contributed by atoms with E-state index >= 15 is 0 Å². The van der Waals surface area contributed by atoms with E-state index in [0.29, 0.717) is 18.0 Å². The summed E-state index contributed by atoms with van der Waals surface area (Å²) in [5.74, 6) is 0.665. The standard InChI is InChI=1S/C15H18N2O3/c1-9(20-2)8-17-13-7-11(15(18)19)5-6-12(13)16-14(17)10-3-4-10/h5-7,9-10H,3-4,8H2,1-2H3,(H,18,19). The van der Waals surface area contributed by atoms with Crippen molar-refractivity contribution in [3.63, 3.8) is 0 Å². The number of nitrogens with zero attached hydrogens (tertiary/aromatic N) is 2. The van der Waals surface area contributed by atoms with Gasteiger partial charge >= 0.3 is 5.97 Å². The Balaban J connectivity index is 2.12. The fraction of sp³-hybridized carbons (Fsp3) is 0.467. The molecule has 1 N–H and O–H groups in total. The molecule has 1 aromatic carbocycles. The van der Waals surface area contributed by atoms with Crippen LogP contribution in [0.1, 0.15) is 41.9 Å². The average Bonchev–Trinajstić information content (AvgIpc) is 3.22. The quantitative estimate of drug-likeness (QED) is 0.910. The number of carboxylic acids is 1. The average molecular weight is 274 g/mol. The van der Waals surface area contributed by atoms with Crippen LogP contribution < -0.4 is 0 Å². The van der Waals surface area contributed by atoms with Gasteiger partial charge in [0.1, 0.15) is 5.82 Å². The SMILES string of the molecule is COC(C)Cn1c(C2CC2)nc2ccc(C(=O)O)cc21. The van der Waals surface area contributed by atoms with Gasteiger partial charge in [0.15, 0.2) is 0 Å². The Bertz CT molecular complexity index is 658. The molecule has 106 valence electrons. The molecule has 5 heteroatoms. The van der Waals surface area contributed by atoms with Gasteiger partial charge in [0, 0.05) is 13.0 Å². The molecule has 0 spiro atoms. The molecule has 1 fully saturated rings. The van der Waals surface area contributed by atoms with Crippen molar-refractivity contribution in [3.8, 4) is 0 Å². The van der Waals surface area contributed by atoms with Crippen molar-refractivity contribution < 1.29 is 14.6 Å². The second kappa shape index (κ2) is 4.90. The van der Waals surface area contributed by atoms with Crippen LogP contribution >= 0.6 is 0 Å². The molecule has 1 aliphatic carbocycles. The molecule has 0 saturated heterocycles. The molecule has 0 radical (unpaired) electrons. The Labute approximate surface area is 117 Å². The van der Waals surface area contributed by atoms with E-state index in [2.05, 4.69) is 9.55 Å². The number of fused-ring (bicyclic) bond motifs is 1. The lowest BCUT2D eigenvalue weighted by Crippen LogP contribution is -2.16. The van der Waals surface area contributed by atoms with Gasteiger partial charge in [-0.1, -0.05) is 0 Å². The molecule has 0 amide bonds. The Kier molecular flexibility index (Phi) is 3.22. The van der Waals surface area contributed by atoms with Crippen molar-refractivity contribution in [1.29, 1.82) is 0 Å². The van der Waals surface area contributed by atoms with E-state index in [9.17, 15) is 4.79 Å². The van der Waals surface area contributed by atoms with E-state index in [0.717, 1.165) is 29.7 Å². The molecular formula is C15H18N2O3. The second-order valence-corrected chi connectivity index (χ2v) is 5.41. The van der Waals surface area contributed by atoms with E-state index in [1.165, 1.54) is 0 Å². The maximum atomic E-state index is 11.1. The number of methoxy groups -OCH3 is 1. The summed E-state index contributed by atoms with van der Waals surface area (Å²) < 4.78 is 7.46. The Morgan fingerprint density at radius 3 is 2.90 bits per heavy atom. The van der Waals surface area contributed by atoms with E-state index < -0.39 is 5.97 Å². The van der Waals surface area contributed by atoms with Gasteiger partial charge < -0.3 is 14.4 Å². The summed E-state index contributed by atoms with van der Waals surface area (Å²) in [5.41, 5.74) is 2.04. The third-order valence-corrected chi connectivity index (χ3v) is 3.81. The molecule has 2 aromatic rings. The minimum absolute atomic E-state index is 0.0679. The summed E-state index contributed by atoms with van der Waals surface area (Å²) in [5, 5.41) is 9.14. The van der Waals surface area contributed by atoms with Crippen LogP contribution in [0.15, 0.2) is 18.2 Å². The largest absolute Gasteiger partial charge is 0.478 e. The highest BCUT2D eigenvalue weighted by Gasteiger charge is 2.30. The number of imidazole rings is 1. The molecule has 1 aliphatic rings. The number of rotatable bonds is 5. The first-order chi connectivity index (χ1) is 9.60. The number of carboxylic acid groups (broad SMARTS) is 1. The third kappa shape index (κ3) is 2.29. The molecule has 20 heavy (non-hydrogen) atoms. The van der Waals surface area contributed by atoms with Crippen molar-refractivity contribution in [2.24, 2.45) is 0 Å². The van der Waals surface area contributed by atoms with E-state index in [1.54, 1.807) is 25.3 Å². The van der Waals surface area contributed by atoms with E-state index in [1.807, 2.05) is 6.92 Å². The first-order valence-electron chi connectivity index (χ1n) is 6.86. The number of aromatic carboxylic acids is 1. The van der Waals surface area contributed by atoms with Crippen molar-refractivity contribution >= 4 is 17.0 Å². The van der Waals surface area contributed by atoms with Gasteiger partial charge in [-0.2, -0.15) is 0 Å². The molecule has 3 rings (SSSR count). The van der Waals surface area contributed by atoms with Gasteiger partial charge in [0.2, 0.25) is 0 Å². The highest BCUT2D eigenvalue weighted by molar-refractivity contribution is 5.92. The van der Waals surface area contributed by atoms with Crippen LogP contribution in [-0.4, -0.2) is 33.8 Å². The lowest BCUT2D eigenvalue weighted by Gasteiger charge is -2.14. The van der Waals surface area contributed by atoms with E-state index in [4.69, 9.17) is 9.84 Å². The van der Waals surface area contributed by atoms with Crippen LogP contribution in [0.25, 0.3) is 11.0 Å². The molecule has 5 nitrogen and oxygen atoms in total. The number of hydrogen-bond donors (Lipinski definition) is 1. The van der Waals surface area contributed by atoms with Crippen LogP contribution in [0, 0.1) is 0 Å². The number of carbonyl (C=O) groups is 1. The van der Waals surface area contributed by atoms with Gasteiger partial charge in [0.05, 0.1) is 29.2 Å². The zero-order valence-electron chi connectivity index (χ0n) is 11.7. The summed E-state index contributed by atoms with van der Waals surface area (Å²) in [4.78, 5) is 15.8. The van der Waals surface area contributed by atoms with Crippen LogP contribution in [0.4, 0.5) is 0 Å². The number of benzene rings is 1. The molecule has 1 unspecified atom stereocenters. The highest BCUT2D eigenvalue weighted by atomic mass is 16.5. The lowest BCUT2D eigenvalue weighted by atomic mass is 10.2. The maximum Gasteiger partial charge on any atom is 0.335 e. The number of aromatic nitrogens is 2. The summed E-state index contributed by atoms with van der Waals surface area (Å²) >= 11 is 0. The van der Waals surface area contributed by atoms with Crippen molar-refractivity contribution in [3.05, 3.63) is 29.6 Å². The van der Waals surface area contributed by atoms with Gasteiger partial charge in [-0.3, -0.25) is 0 Å². The maximum absolute atomic E-state index is 11.1. The van der Waals surface area contributed by atoms with Crippen LogP contribution in [0.2, 0.25) is 0 Å². The van der Waals surface area contributed by atoms with Gasteiger partial charge in [-0.25, -0.2) is 9.78 Å². The minimum Gasteiger partial charge on any atom is -0.478 e. The van der Waals surface area contributed by atoms with Crippen molar-refractivity contribution in [2.45, 2.75) is 38.3 Å². The second-order valence-electron chi connectivity index (χ2n) is 5.41. The molecule has 1 saturated carbocycles. The van der Waals surface area contributed by atoms with Gasteiger partial charge in [0.25, 0.3) is 0 Å². The van der Waals surface area contributed by atoms with Crippen molar-refractivity contribution in [1.82, 2.24) is 9.55 Å². The zero-order chi connectivity index (χ0) is 14.3. The summed E-state index contributed by atoms with van der Waals surface area (Å²) in [7, 11) is 1.68. The summed E-state index contributed by atoms with van der Waals surface area (Å²) in [6.45, 7) is 2.70. The predicted octanol–water partition coefficient (Wildman–Crippen LogP) is 2.65. The van der Waals surface area contributed by atoms with Crippen LogP contribution in [-0.2, 0) is 11.3 Å². The monoisotopic (exact) mass is 274 g/mol. The fourth-order valence-corrected chi connectivity index (χ4v) is 2.45. The topological polar surface area (TPSA) is 64.4 Å². The van der Waals surface area contributed by atoms with Crippen LogP contribution in [0.5, 0.6) is 0 Å². The summed E-state index contributed by atoms with van der Waals surface area (Å²) in [6, 6.07) is 5.11. The number of ether oxygens (including phenoxy) is 1. The van der Waals surface area contributed by atoms with Gasteiger partial charge in [-0.05, 0) is 38.0 Å². The lowest BCUT2D eigenvalue weighted by molar-refractivity contribution is 0.0697. The van der Waals surface area contributed by atoms with Crippen molar-refractivity contribution in [2.75, 3.05) is 7.11 Å².